The summed E-state index contributed by atoms with van der Waals surface area (Å²) in [7, 11) is 0. The van der Waals surface area contributed by atoms with Gasteiger partial charge in [0.1, 0.15) is 0 Å². The Morgan fingerprint density at radius 3 is 2.61 bits per heavy atom. The predicted octanol–water partition coefficient (Wildman–Crippen LogP) is 4.50. The van der Waals surface area contributed by atoms with Crippen LogP contribution >= 0.6 is 11.6 Å². The lowest BCUT2D eigenvalue weighted by atomic mass is 10.1. The van der Waals surface area contributed by atoms with Crippen LogP contribution in [0.1, 0.15) is 36.6 Å². The molecule has 1 atom stereocenters. The van der Waals surface area contributed by atoms with Crippen LogP contribution in [-0.2, 0) is 11.2 Å². The lowest BCUT2D eigenvalue weighted by molar-refractivity contribution is -0.115. The summed E-state index contributed by atoms with van der Waals surface area (Å²) in [4.78, 5) is 12.2. The molecule has 0 aromatic heterocycles. The molecule has 23 heavy (non-hydrogen) atoms. The van der Waals surface area contributed by atoms with E-state index in [2.05, 4.69) is 17.6 Å². The molecule has 0 saturated heterocycles. The molecule has 2 rings (SSSR count). The number of anilines is 1. The molecule has 0 radical (unpaired) electrons. The number of rotatable bonds is 6. The molecular formula is C19H23ClN2O. The van der Waals surface area contributed by atoms with E-state index in [1.54, 1.807) is 0 Å². The summed E-state index contributed by atoms with van der Waals surface area (Å²) in [5.41, 5.74) is 4.15. The summed E-state index contributed by atoms with van der Waals surface area (Å²) in [5.74, 6) is -0.0482. The van der Waals surface area contributed by atoms with Crippen molar-refractivity contribution in [3.63, 3.8) is 0 Å². The van der Waals surface area contributed by atoms with Crippen molar-refractivity contribution in [1.29, 1.82) is 0 Å². The van der Waals surface area contributed by atoms with Gasteiger partial charge in [0.25, 0.3) is 0 Å². The molecule has 0 bridgehead atoms. The Labute approximate surface area is 143 Å². The van der Waals surface area contributed by atoms with Crippen molar-refractivity contribution >= 4 is 23.2 Å². The predicted molar refractivity (Wildman–Crippen MR) is 97.1 cm³/mol. The number of benzene rings is 2. The fourth-order valence-corrected chi connectivity index (χ4v) is 2.87. The molecule has 0 aliphatic heterocycles. The molecule has 0 fully saturated rings. The van der Waals surface area contributed by atoms with Crippen LogP contribution in [0.2, 0.25) is 5.02 Å². The first-order valence-electron chi connectivity index (χ1n) is 7.89. The van der Waals surface area contributed by atoms with Gasteiger partial charge >= 0.3 is 0 Å². The highest BCUT2D eigenvalue weighted by Gasteiger charge is 2.12. The van der Waals surface area contributed by atoms with Crippen molar-refractivity contribution in [3.8, 4) is 0 Å². The zero-order chi connectivity index (χ0) is 16.8. The highest BCUT2D eigenvalue weighted by molar-refractivity contribution is 6.31. The Morgan fingerprint density at radius 2 is 1.91 bits per heavy atom. The number of aryl methyl sites for hydroxylation is 2. The Morgan fingerprint density at radius 1 is 1.17 bits per heavy atom. The van der Waals surface area contributed by atoms with Gasteiger partial charge in [-0.2, -0.15) is 0 Å². The van der Waals surface area contributed by atoms with E-state index in [4.69, 9.17) is 11.6 Å². The quantitative estimate of drug-likeness (QED) is 0.818. The first-order chi connectivity index (χ1) is 11.0. The highest BCUT2D eigenvalue weighted by Crippen LogP contribution is 2.23. The molecule has 0 heterocycles. The minimum absolute atomic E-state index is 0.0111. The van der Waals surface area contributed by atoms with Gasteiger partial charge in [-0.05, 0) is 43.0 Å². The maximum atomic E-state index is 12.2. The molecule has 2 N–H and O–H groups in total. The molecule has 0 spiro atoms. The van der Waals surface area contributed by atoms with Crippen LogP contribution in [0.3, 0.4) is 0 Å². The smallest absolute Gasteiger partial charge is 0.238 e. The highest BCUT2D eigenvalue weighted by atomic mass is 35.5. The van der Waals surface area contributed by atoms with Crippen molar-refractivity contribution in [2.75, 3.05) is 11.9 Å². The average molecular weight is 331 g/mol. The number of hydrogen-bond acceptors (Lipinski definition) is 2. The van der Waals surface area contributed by atoms with E-state index in [-0.39, 0.29) is 18.5 Å². The Hall–Kier alpha value is -1.84. The molecule has 1 unspecified atom stereocenters. The molecule has 0 aliphatic rings. The summed E-state index contributed by atoms with van der Waals surface area (Å²) in [6.45, 7) is 6.33. The van der Waals surface area contributed by atoms with Crippen LogP contribution in [-0.4, -0.2) is 12.5 Å². The molecule has 122 valence electrons. The van der Waals surface area contributed by atoms with Gasteiger partial charge in [0.2, 0.25) is 5.91 Å². The van der Waals surface area contributed by atoms with Crippen molar-refractivity contribution in [3.05, 3.63) is 64.2 Å². The van der Waals surface area contributed by atoms with E-state index >= 15 is 0 Å². The Bertz CT molecular complexity index is 685. The molecular weight excluding hydrogens is 308 g/mol. The minimum Gasteiger partial charge on any atom is -0.324 e. The number of nitrogens with one attached hydrogen (secondary N) is 2. The number of carbonyl (C=O) groups excluding carboxylic acids is 1. The summed E-state index contributed by atoms with van der Waals surface area (Å²) < 4.78 is 0. The van der Waals surface area contributed by atoms with Crippen LogP contribution in [0.15, 0.2) is 42.5 Å². The summed E-state index contributed by atoms with van der Waals surface area (Å²) in [6.07, 6.45) is 0.890. The summed E-state index contributed by atoms with van der Waals surface area (Å²) in [6, 6.07) is 13.7. The van der Waals surface area contributed by atoms with Gasteiger partial charge in [-0.3, -0.25) is 4.79 Å². The normalized spacial score (nSPS) is 12.0. The maximum Gasteiger partial charge on any atom is 0.238 e. The topological polar surface area (TPSA) is 41.1 Å². The third kappa shape index (κ3) is 4.57. The first-order valence-corrected chi connectivity index (χ1v) is 8.26. The Balaban J connectivity index is 1.97. The molecule has 2 aromatic rings. The number of halogens is 1. The van der Waals surface area contributed by atoms with Gasteiger partial charge < -0.3 is 10.6 Å². The second-order valence-electron chi connectivity index (χ2n) is 5.63. The van der Waals surface area contributed by atoms with Gasteiger partial charge in [0, 0.05) is 16.8 Å². The first kappa shape index (κ1) is 17.5. The number of hydrogen-bond donors (Lipinski definition) is 2. The van der Waals surface area contributed by atoms with E-state index in [1.807, 2.05) is 56.3 Å². The summed E-state index contributed by atoms with van der Waals surface area (Å²) >= 11 is 6.18. The maximum absolute atomic E-state index is 12.2. The number of amides is 1. The lowest BCUT2D eigenvalue weighted by Gasteiger charge is -2.17. The third-order valence-corrected chi connectivity index (χ3v) is 4.29. The molecule has 0 saturated carbocycles. The van der Waals surface area contributed by atoms with E-state index in [1.165, 1.54) is 0 Å². The van der Waals surface area contributed by atoms with Gasteiger partial charge in [-0.25, -0.2) is 0 Å². The molecule has 4 heteroatoms. The van der Waals surface area contributed by atoms with Crippen molar-refractivity contribution < 1.29 is 4.79 Å². The van der Waals surface area contributed by atoms with E-state index < -0.39 is 0 Å². The van der Waals surface area contributed by atoms with Gasteiger partial charge in [-0.15, -0.1) is 0 Å². The monoisotopic (exact) mass is 330 g/mol. The van der Waals surface area contributed by atoms with Crippen molar-refractivity contribution in [1.82, 2.24) is 5.32 Å². The summed E-state index contributed by atoms with van der Waals surface area (Å²) in [5, 5.41) is 6.95. The van der Waals surface area contributed by atoms with Crippen LogP contribution in [0.25, 0.3) is 0 Å². The third-order valence-electron chi connectivity index (χ3n) is 3.94. The standard InChI is InChI=1S/C19H23ClN2O/c1-4-15-9-7-8-13(2)19(15)22-18(23)12-21-14(3)16-10-5-6-11-17(16)20/h5-11,14,21H,4,12H2,1-3H3,(H,22,23). The largest absolute Gasteiger partial charge is 0.324 e. The second kappa shape index (κ2) is 8.14. The number of para-hydroxylation sites is 1. The minimum atomic E-state index is -0.0482. The van der Waals surface area contributed by atoms with E-state index in [0.717, 1.165) is 28.8 Å². The van der Waals surface area contributed by atoms with Crippen LogP contribution < -0.4 is 10.6 Å². The van der Waals surface area contributed by atoms with Crippen molar-refractivity contribution in [2.24, 2.45) is 0 Å². The molecule has 0 aliphatic carbocycles. The fourth-order valence-electron chi connectivity index (χ4n) is 2.57. The second-order valence-corrected chi connectivity index (χ2v) is 6.04. The van der Waals surface area contributed by atoms with Gasteiger partial charge in [0.15, 0.2) is 0 Å². The number of carbonyl (C=O) groups is 1. The lowest BCUT2D eigenvalue weighted by Crippen LogP contribution is -2.30. The molecule has 3 nitrogen and oxygen atoms in total. The average Bonchev–Trinajstić information content (AvgIpc) is 2.55. The van der Waals surface area contributed by atoms with Gasteiger partial charge in [-0.1, -0.05) is 54.9 Å². The Kier molecular flexibility index (Phi) is 6.20. The zero-order valence-corrected chi connectivity index (χ0v) is 14.6. The molecule has 1 amide bonds. The SMILES string of the molecule is CCc1cccc(C)c1NC(=O)CNC(C)c1ccccc1Cl. The van der Waals surface area contributed by atoms with Crippen LogP contribution in [0.5, 0.6) is 0 Å². The van der Waals surface area contributed by atoms with Crippen LogP contribution in [0, 0.1) is 6.92 Å². The van der Waals surface area contributed by atoms with E-state index in [9.17, 15) is 4.79 Å². The van der Waals surface area contributed by atoms with Gasteiger partial charge in [0.05, 0.1) is 6.54 Å². The molecule has 2 aromatic carbocycles. The van der Waals surface area contributed by atoms with E-state index in [0.29, 0.717) is 5.02 Å². The van der Waals surface area contributed by atoms with Crippen LogP contribution in [0.4, 0.5) is 5.69 Å². The zero-order valence-electron chi connectivity index (χ0n) is 13.8. The van der Waals surface area contributed by atoms with Crippen molar-refractivity contribution in [2.45, 2.75) is 33.2 Å². The fraction of sp³-hybridized carbons (Fsp3) is 0.316.